The van der Waals surface area contributed by atoms with Gasteiger partial charge in [0.05, 0.1) is 16.6 Å². The van der Waals surface area contributed by atoms with Crippen LogP contribution in [0.4, 0.5) is 17.6 Å². The van der Waals surface area contributed by atoms with E-state index >= 15 is 0 Å². The number of hydrogen-bond donors (Lipinski definition) is 0. The van der Waals surface area contributed by atoms with Crippen molar-refractivity contribution in [3.05, 3.63) is 71.8 Å². The lowest BCUT2D eigenvalue weighted by Gasteiger charge is -2.12. The van der Waals surface area contributed by atoms with E-state index in [1.54, 1.807) is 13.1 Å². The second-order valence-electron chi connectivity index (χ2n) is 5.79. The first kappa shape index (κ1) is 16.3. The normalized spacial score (nSPS) is 11.3. The molecule has 0 aliphatic heterocycles. The number of nitrogens with zero attached hydrogens (tertiary/aromatic N) is 3. The standard InChI is InChI=1S/C19H11F4N3/c1-26-13-8-7-11(9-12(13)24-25-26)15-18(22)16(20)14(17(21)19(15)23)10-5-3-2-4-6-10/h2-9H,1H3. The zero-order valence-electron chi connectivity index (χ0n) is 13.5. The third-order valence-corrected chi connectivity index (χ3v) is 4.23. The first-order valence-corrected chi connectivity index (χ1v) is 7.70. The van der Waals surface area contributed by atoms with Gasteiger partial charge in [0.25, 0.3) is 0 Å². The fraction of sp³-hybridized carbons (Fsp3) is 0.0526. The van der Waals surface area contributed by atoms with Gasteiger partial charge in [-0.05, 0) is 23.3 Å². The van der Waals surface area contributed by atoms with E-state index in [2.05, 4.69) is 10.3 Å². The molecule has 0 amide bonds. The average Bonchev–Trinajstić information content (AvgIpc) is 3.02. The molecule has 0 unspecified atom stereocenters. The zero-order valence-corrected chi connectivity index (χ0v) is 13.5. The lowest BCUT2D eigenvalue weighted by Crippen LogP contribution is -2.03. The van der Waals surface area contributed by atoms with E-state index in [1.807, 2.05) is 0 Å². The van der Waals surface area contributed by atoms with Crippen LogP contribution in [0.1, 0.15) is 0 Å². The van der Waals surface area contributed by atoms with E-state index in [0.29, 0.717) is 11.0 Å². The molecule has 1 aromatic heterocycles. The Morgan fingerprint density at radius 3 is 1.92 bits per heavy atom. The molecule has 7 heteroatoms. The van der Waals surface area contributed by atoms with Crippen molar-refractivity contribution in [3.8, 4) is 22.3 Å². The molecule has 0 saturated carbocycles. The van der Waals surface area contributed by atoms with Crippen molar-refractivity contribution >= 4 is 11.0 Å². The molecular formula is C19H11F4N3. The van der Waals surface area contributed by atoms with Crippen LogP contribution in [0, 0.1) is 23.3 Å². The topological polar surface area (TPSA) is 30.7 Å². The number of fused-ring (bicyclic) bond motifs is 1. The number of rotatable bonds is 2. The van der Waals surface area contributed by atoms with Crippen molar-refractivity contribution in [2.24, 2.45) is 7.05 Å². The Kier molecular flexibility index (Phi) is 3.72. The van der Waals surface area contributed by atoms with Crippen molar-refractivity contribution in [2.75, 3.05) is 0 Å². The molecule has 0 fully saturated rings. The summed E-state index contributed by atoms with van der Waals surface area (Å²) in [5.74, 6) is -5.79. The Balaban J connectivity index is 1.97. The monoisotopic (exact) mass is 357 g/mol. The summed E-state index contributed by atoms with van der Waals surface area (Å²) in [5, 5.41) is 7.65. The highest BCUT2D eigenvalue weighted by Gasteiger charge is 2.27. The van der Waals surface area contributed by atoms with Crippen molar-refractivity contribution in [1.29, 1.82) is 0 Å². The van der Waals surface area contributed by atoms with Gasteiger partial charge in [-0.1, -0.05) is 41.6 Å². The summed E-state index contributed by atoms with van der Waals surface area (Å²) >= 11 is 0. The molecule has 0 bridgehead atoms. The van der Waals surface area contributed by atoms with E-state index in [9.17, 15) is 17.6 Å². The van der Waals surface area contributed by atoms with E-state index in [0.717, 1.165) is 0 Å². The molecule has 3 nitrogen and oxygen atoms in total. The van der Waals surface area contributed by atoms with Gasteiger partial charge in [0.2, 0.25) is 0 Å². The maximum Gasteiger partial charge on any atom is 0.170 e. The van der Waals surface area contributed by atoms with Gasteiger partial charge in [-0.25, -0.2) is 22.2 Å². The van der Waals surface area contributed by atoms with Crippen LogP contribution in [0.15, 0.2) is 48.5 Å². The van der Waals surface area contributed by atoms with Crippen LogP contribution >= 0.6 is 0 Å². The number of benzene rings is 3. The van der Waals surface area contributed by atoms with Crippen molar-refractivity contribution < 1.29 is 17.6 Å². The van der Waals surface area contributed by atoms with E-state index in [1.165, 1.54) is 47.1 Å². The second-order valence-corrected chi connectivity index (χ2v) is 5.79. The molecule has 0 N–H and O–H groups in total. The summed E-state index contributed by atoms with van der Waals surface area (Å²) < 4.78 is 59.9. The van der Waals surface area contributed by atoms with Gasteiger partial charge in [0.15, 0.2) is 23.3 Å². The summed E-state index contributed by atoms with van der Waals surface area (Å²) in [6.07, 6.45) is 0. The van der Waals surface area contributed by atoms with Gasteiger partial charge < -0.3 is 0 Å². The van der Waals surface area contributed by atoms with E-state index in [4.69, 9.17) is 0 Å². The van der Waals surface area contributed by atoms with Crippen molar-refractivity contribution in [2.45, 2.75) is 0 Å². The quantitative estimate of drug-likeness (QED) is 0.379. The molecule has 0 atom stereocenters. The third kappa shape index (κ3) is 2.35. The smallest absolute Gasteiger partial charge is 0.170 e. The van der Waals surface area contributed by atoms with Crippen LogP contribution < -0.4 is 0 Å². The summed E-state index contributed by atoms with van der Waals surface area (Å²) in [6, 6.07) is 11.7. The summed E-state index contributed by atoms with van der Waals surface area (Å²) in [6.45, 7) is 0. The highest BCUT2D eigenvalue weighted by atomic mass is 19.2. The molecule has 1 heterocycles. The molecular weight excluding hydrogens is 346 g/mol. The van der Waals surface area contributed by atoms with Crippen LogP contribution in [-0.2, 0) is 7.05 Å². The Bertz CT molecular complexity index is 1110. The lowest BCUT2D eigenvalue weighted by atomic mass is 9.97. The first-order chi connectivity index (χ1) is 12.5. The van der Waals surface area contributed by atoms with Crippen LogP contribution in [0.3, 0.4) is 0 Å². The Morgan fingerprint density at radius 2 is 1.31 bits per heavy atom. The molecule has 0 radical (unpaired) electrons. The molecule has 0 aliphatic carbocycles. The number of aryl methyl sites for hydroxylation is 1. The minimum atomic E-state index is -1.45. The average molecular weight is 357 g/mol. The molecule has 130 valence electrons. The molecule has 0 spiro atoms. The number of halogens is 4. The SMILES string of the molecule is Cn1nnc2cc(-c3c(F)c(F)c(-c4ccccc4)c(F)c3F)ccc21. The van der Waals surface area contributed by atoms with Crippen molar-refractivity contribution in [3.63, 3.8) is 0 Å². The predicted molar refractivity (Wildman–Crippen MR) is 89.2 cm³/mol. The molecule has 0 saturated heterocycles. The lowest BCUT2D eigenvalue weighted by molar-refractivity contribution is 0.463. The van der Waals surface area contributed by atoms with Gasteiger partial charge in [-0.3, -0.25) is 0 Å². The van der Waals surface area contributed by atoms with E-state index < -0.39 is 34.4 Å². The predicted octanol–water partition coefficient (Wildman–Crippen LogP) is 4.86. The maximum absolute atomic E-state index is 14.7. The molecule has 3 aromatic carbocycles. The van der Waals surface area contributed by atoms with Gasteiger partial charge in [0.1, 0.15) is 5.52 Å². The minimum Gasteiger partial charge on any atom is -0.248 e. The minimum absolute atomic E-state index is 0.0228. The number of hydrogen-bond acceptors (Lipinski definition) is 2. The molecule has 4 aromatic rings. The third-order valence-electron chi connectivity index (χ3n) is 4.23. The van der Waals surface area contributed by atoms with Crippen LogP contribution in [0.25, 0.3) is 33.3 Å². The Labute approximate surface area is 145 Å². The highest BCUT2D eigenvalue weighted by Crippen LogP contribution is 2.37. The first-order valence-electron chi connectivity index (χ1n) is 7.70. The summed E-state index contributed by atoms with van der Waals surface area (Å²) in [7, 11) is 1.66. The summed E-state index contributed by atoms with van der Waals surface area (Å²) in [5.41, 5.74) is -0.494. The van der Waals surface area contributed by atoms with E-state index in [-0.39, 0.29) is 11.1 Å². The fourth-order valence-corrected chi connectivity index (χ4v) is 2.94. The molecule has 0 aliphatic rings. The highest BCUT2D eigenvalue weighted by molar-refractivity contribution is 5.82. The number of aromatic nitrogens is 3. The zero-order chi connectivity index (χ0) is 18.4. The summed E-state index contributed by atoms with van der Waals surface area (Å²) in [4.78, 5) is 0. The van der Waals surface area contributed by atoms with Gasteiger partial charge >= 0.3 is 0 Å². The maximum atomic E-state index is 14.7. The van der Waals surface area contributed by atoms with Crippen LogP contribution in [-0.4, -0.2) is 15.0 Å². The largest absolute Gasteiger partial charge is 0.248 e. The van der Waals surface area contributed by atoms with Crippen LogP contribution in [0.2, 0.25) is 0 Å². The van der Waals surface area contributed by atoms with Gasteiger partial charge in [-0.15, -0.1) is 5.10 Å². The van der Waals surface area contributed by atoms with Gasteiger partial charge in [0, 0.05) is 7.05 Å². The molecule has 4 rings (SSSR count). The Morgan fingerprint density at radius 1 is 0.731 bits per heavy atom. The Hall–Kier alpha value is -3.22. The van der Waals surface area contributed by atoms with Crippen LogP contribution in [0.5, 0.6) is 0 Å². The second kappa shape index (κ2) is 5.94. The van der Waals surface area contributed by atoms with Crippen molar-refractivity contribution in [1.82, 2.24) is 15.0 Å². The molecule has 26 heavy (non-hydrogen) atoms. The fourth-order valence-electron chi connectivity index (χ4n) is 2.94. The van der Waals surface area contributed by atoms with Gasteiger partial charge in [-0.2, -0.15) is 0 Å².